The van der Waals surface area contributed by atoms with E-state index >= 15 is 0 Å². The van der Waals surface area contributed by atoms with Crippen LogP contribution < -0.4 is 10.2 Å². The van der Waals surface area contributed by atoms with E-state index in [2.05, 4.69) is 33.1 Å². The van der Waals surface area contributed by atoms with E-state index in [4.69, 9.17) is 4.74 Å². The quantitative estimate of drug-likeness (QED) is 0.238. The number of hydrogen-bond donors (Lipinski definition) is 2. The summed E-state index contributed by atoms with van der Waals surface area (Å²) < 4.78 is 8.44. The number of hydrogen-bond acceptors (Lipinski definition) is 5. The second kappa shape index (κ2) is 10.1. The highest BCUT2D eigenvalue weighted by molar-refractivity contribution is 14.1. The van der Waals surface area contributed by atoms with Crippen molar-refractivity contribution in [2.75, 3.05) is 6.61 Å². The molecule has 0 fully saturated rings. The molecule has 3 aromatic rings. The normalized spacial score (nSPS) is 13.2. The molecule has 0 unspecified atom stereocenters. The van der Waals surface area contributed by atoms with Crippen LogP contribution in [0.5, 0.6) is 5.75 Å². The second-order valence-electron chi connectivity index (χ2n) is 7.87. The lowest BCUT2D eigenvalue weighted by molar-refractivity contribution is -0.123. The van der Waals surface area contributed by atoms with Crippen molar-refractivity contribution in [3.8, 4) is 10.8 Å². The van der Waals surface area contributed by atoms with E-state index in [0.717, 1.165) is 56.8 Å². The van der Waals surface area contributed by atoms with Gasteiger partial charge >= 0.3 is 5.97 Å². The SMILES string of the molecule is Cc1cc(/C=N/NC(=O)COc2ccccc2I)c(C)n1-c1sc2c(c1C(=O)O)CCCC2. The molecule has 1 aromatic carbocycles. The number of fused-ring (bicyclic) bond motifs is 1. The first-order valence-electron chi connectivity index (χ1n) is 10.6. The number of carboxylic acids is 1. The van der Waals surface area contributed by atoms with Crippen molar-refractivity contribution < 1.29 is 19.4 Å². The number of aryl methyl sites for hydroxylation is 2. The minimum Gasteiger partial charge on any atom is -0.483 e. The molecule has 0 atom stereocenters. The monoisotopic (exact) mass is 577 g/mol. The van der Waals surface area contributed by atoms with Crippen molar-refractivity contribution in [2.45, 2.75) is 39.5 Å². The van der Waals surface area contributed by atoms with E-state index in [-0.39, 0.29) is 12.5 Å². The number of hydrazone groups is 1. The summed E-state index contributed by atoms with van der Waals surface area (Å²) in [6.07, 6.45) is 5.45. The second-order valence-corrected chi connectivity index (χ2v) is 10.1. The Morgan fingerprint density at radius 1 is 1.27 bits per heavy atom. The molecule has 2 aromatic heterocycles. The zero-order valence-corrected chi connectivity index (χ0v) is 21.3. The molecule has 172 valence electrons. The molecule has 2 heterocycles. The maximum atomic E-state index is 12.1. The van der Waals surface area contributed by atoms with Crippen molar-refractivity contribution in [3.63, 3.8) is 0 Å². The molecule has 0 aliphatic heterocycles. The summed E-state index contributed by atoms with van der Waals surface area (Å²) in [7, 11) is 0. The van der Waals surface area contributed by atoms with Gasteiger partial charge in [-0.05, 0) is 85.9 Å². The summed E-state index contributed by atoms with van der Waals surface area (Å²) in [5, 5.41) is 14.7. The number of thiophene rings is 1. The number of ether oxygens (including phenoxy) is 1. The summed E-state index contributed by atoms with van der Waals surface area (Å²) in [5.41, 5.74) is 6.50. The van der Waals surface area contributed by atoms with E-state index in [0.29, 0.717) is 11.3 Å². The van der Waals surface area contributed by atoms with E-state index in [1.165, 1.54) is 4.88 Å². The highest BCUT2D eigenvalue weighted by Crippen LogP contribution is 2.38. The molecule has 9 heteroatoms. The molecule has 4 rings (SSSR count). The van der Waals surface area contributed by atoms with Crippen molar-refractivity contribution in [3.05, 3.63) is 66.9 Å². The average molecular weight is 577 g/mol. The highest BCUT2D eigenvalue weighted by atomic mass is 127. The zero-order chi connectivity index (χ0) is 23.5. The molecule has 0 saturated heterocycles. The summed E-state index contributed by atoms with van der Waals surface area (Å²) in [6.45, 7) is 3.74. The van der Waals surface area contributed by atoms with Gasteiger partial charge in [-0.2, -0.15) is 5.10 Å². The molecule has 2 N–H and O–H groups in total. The van der Waals surface area contributed by atoms with Crippen LogP contribution in [0.15, 0.2) is 35.4 Å². The van der Waals surface area contributed by atoms with Crippen LogP contribution in [-0.2, 0) is 17.6 Å². The van der Waals surface area contributed by atoms with Crippen LogP contribution >= 0.6 is 33.9 Å². The Labute approximate surface area is 209 Å². The van der Waals surface area contributed by atoms with Gasteiger partial charge in [0.05, 0.1) is 15.3 Å². The molecule has 0 saturated carbocycles. The fraction of sp³-hybridized carbons (Fsp3) is 0.292. The Morgan fingerprint density at radius 3 is 2.79 bits per heavy atom. The number of nitrogens with one attached hydrogen (secondary N) is 1. The Hall–Kier alpha value is -2.66. The first-order chi connectivity index (χ1) is 15.9. The van der Waals surface area contributed by atoms with E-state index in [9.17, 15) is 14.7 Å². The summed E-state index contributed by atoms with van der Waals surface area (Å²) in [6, 6.07) is 9.41. The molecule has 0 spiro atoms. The Morgan fingerprint density at radius 2 is 2.03 bits per heavy atom. The lowest BCUT2D eigenvalue weighted by atomic mass is 9.95. The van der Waals surface area contributed by atoms with Crippen molar-refractivity contribution >= 4 is 52.0 Å². The number of amides is 1. The van der Waals surface area contributed by atoms with E-state index < -0.39 is 5.97 Å². The number of para-hydroxylation sites is 1. The van der Waals surface area contributed by atoms with Crippen LogP contribution in [0.3, 0.4) is 0 Å². The number of halogens is 1. The van der Waals surface area contributed by atoms with E-state index in [1.54, 1.807) is 23.6 Å². The maximum absolute atomic E-state index is 12.1. The minimum atomic E-state index is -0.882. The Kier molecular flexibility index (Phi) is 7.18. The van der Waals surface area contributed by atoms with Gasteiger partial charge in [0, 0.05) is 21.8 Å². The van der Waals surface area contributed by atoms with Gasteiger partial charge in [0.1, 0.15) is 10.8 Å². The van der Waals surface area contributed by atoms with Crippen LogP contribution in [0.4, 0.5) is 0 Å². The van der Waals surface area contributed by atoms with Crippen LogP contribution in [0.25, 0.3) is 5.00 Å². The van der Waals surface area contributed by atoms with Crippen LogP contribution in [-0.4, -0.2) is 34.4 Å². The number of carbonyl (C=O) groups excluding carboxylic acids is 1. The lowest BCUT2D eigenvalue weighted by Crippen LogP contribution is -2.24. The van der Waals surface area contributed by atoms with E-state index in [1.807, 2.05) is 42.7 Å². The topological polar surface area (TPSA) is 92.9 Å². The fourth-order valence-electron chi connectivity index (χ4n) is 4.07. The maximum Gasteiger partial charge on any atom is 0.339 e. The lowest BCUT2D eigenvalue weighted by Gasteiger charge is -2.11. The third-order valence-corrected chi connectivity index (χ3v) is 7.80. The zero-order valence-electron chi connectivity index (χ0n) is 18.4. The molecule has 7 nitrogen and oxygen atoms in total. The Balaban J connectivity index is 1.50. The fourth-order valence-corrected chi connectivity index (χ4v) is 6.11. The largest absolute Gasteiger partial charge is 0.483 e. The number of benzene rings is 1. The smallest absolute Gasteiger partial charge is 0.339 e. The van der Waals surface area contributed by atoms with Crippen molar-refractivity contribution in [1.82, 2.24) is 9.99 Å². The van der Waals surface area contributed by atoms with Gasteiger partial charge < -0.3 is 14.4 Å². The van der Waals surface area contributed by atoms with Crippen molar-refractivity contribution in [1.29, 1.82) is 0 Å². The molecule has 0 radical (unpaired) electrons. The summed E-state index contributed by atoms with van der Waals surface area (Å²) in [5.74, 6) is -0.597. The molecule has 1 amide bonds. The number of aromatic nitrogens is 1. The van der Waals surface area contributed by atoms with Gasteiger partial charge in [0.25, 0.3) is 5.91 Å². The summed E-state index contributed by atoms with van der Waals surface area (Å²) in [4.78, 5) is 25.4. The first-order valence-corrected chi connectivity index (χ1v) is 12.5. The predicted octanol–water partition coefficient (Wildman–Crippen LogP) is 4.87. The molecule has 1 aliphatic rings. The standard InChI is InChI=1S/C24H24IN3O4S/c1-14-11-16(12-26-27-21(29)13-32-19-9-5-4-8-18(19)25)15(2)28(14)23-22(24(30)31)17-7-3-6-10-20(17)33-23/h4-5,8-9,11-12H,3,6-7,10,13H2,1-2H3,(H,27,29)(H,30,31)/b26-12+. The van der Waals surface area contributed by atoms with Crippen LogP contribution in [0.1, 0.15) is 50.6 Å². The first kappa shape index (κ1) is 23.5. The predicted molar refractivity (Wildman–Crippen MR) is 137 cm³/mol. The molecule has 33 heavy (non-hydrogen) atoms. The van der Waals surface area contributed by atoms with Gasteiger partial charge in [-0.1, -0.05) is 12.1 Å². The molecule has 1 aliphatic carbocycles. The third-order valence-electron chi connectivity index (χ3n) is 5.63. The number of carbonyl (C=O) groups is 2. The van der Waals surface area contributed by atoms with Gasteiger partial charge in [0.2, 0.25) is 0 Å². The number of nitrogens with zero attached hydrogens (tertiary/aromatic N) is 2. The molecule has 0 bridgehead atoms. The number of aromatic carboxylic acids is 1. The third kappa shape index (κ3) is 4.98. The molecular weight excluding hydrogens is 553 g/mol. The highest BCUT2D eigenvalue weighted by Gasteiger charge is 2.27. The minimum absolute atomic E-state index is 0.140. The van der Waals surface area contributed by atoms with Gasteiger partial charge in [-0.15, -0.1) is 11.3 Å². The van der Waals surface area contributed by atoms with Gasteiger partial charge in [0.15, 0.2) is 6.61 Å². The Bertz CT molecular complexity index is 1240. The van der Waals surface area contributed by atoms with Crippen molar-refractivity contribution in [2.24, 2.45) is 5.10 Å². The van der Waals surface area contributed by atoms with Gasteiger partial charge in [-0.3, -0.25) is 4.79 Å². The van der Waals surface area contributed by atoms with Crippen LogP contribution in [0, 0.1) is 17.4 Å². The summed E-state index contributed by atoms with van der Waals surface area (Å²) >= 11 is 3.72. The molecular formula is C24H24IN3O4S. The number of carboxylic acid groups (broad SMARTS) is 1. The average Bonchev–Trinajstić information content (AvgIpc) is 3.29. The number of rotatable bonds is 7. The van der Waals surface area contributed by atoms with Crippen LogP contribution in [0.2, 0.25) is 0 Å². The van der Waals surface area contributed by atoms with Gasteiger partial charge in [-0.25, -0.2) is 10.2 Å².